The zero-order chi connectivity index (χ0) is 36.1. The van der Waals surface area contributed by atoms with Crippen LogP contribution in [0.2, 0.25) is 0 Å². The molecule has 2 bridgehead atoms. The van der Waals surface area contributed by atoms with Crippen LogP contribution in [0.25, 0.3) is 11.0 Å². The number of para-hydroxylation sites is 2. The standard InChI is InChI=1S/C37H40F5N5O3S/c1-24-44-33-7-2-3-8-34(33)47(24)29-20-27-9-10-28(21-29)46(27)18-15-36(25-5-4-6-26(38)19-25)13-16-45(17-14-36)35(48)31-22-30(11-12-32(31)39)51(49,50)43-23-37(40,41)42/h2-8,11-12,19,22,27-29,43H,9-10,13-18,20-21,23H2,1H3/t27-,28+,29?. The zero-order valence-electron chi connectivity index (χ0n) is 28.2. The van der Waals surface area contributed by atoms with Gasteiger partial charge < -0.3 is 9.47 Å². The molecule has 0 spiro atoms. The molecule has 1 unspecified atom stereocenters. The average Bonchev–Trinajstić information content (AvgIpc) is 3.56. The maximum absolute atomic E-state index is 14.9. The normalized spacial score (nSPS) is 22.5. The minimum atomic E-state index is -4.79. The van der Waals surface area contributed by atoms with E-state index in [4.69, 9.17) is 4.98 Å². The van der Waals surface area contributed by atoms with Gasteiger partial charge >= 0.3 is 6.18 Å². The first-order valence-corrected chi connectivity index (χ1v) is 18.8. The second-order valence-corrected chi connectivity index (χ2v) is 15.9. The predicted octanol–water partition coefficient (Wildman–Crippen LogP) is 6.90. The van der Waals surface area contributed by atoms with Crippen LogP contribution in [0.4, 0.5) is 22.0 Å². The molecule has 8 nitrogen and oxygen atoms in total. The van der Waals surface area contributed by atoms with E-state index in [1.165, 1.54) is 15.7 Å². The van der Waals surface area contributed by atoms with E-state index in [9.17, 15) is 35.2 Å². The lowest BCUT2D eigenvalue weighted by Crippen LogP contribution is -2.49. The Morgan fingerprint density at radius 2 is 1.65 bits per heavy atom. The molecule has 3 saturated heterocycles. The van der Waals surface area contributed by atoms with Crippen molar-refractivity contribution in [2.45, 2.75) is 86.5 Å². The number of hydrogen-bond acceptors (Lipinski definition) is 5. The number of carbonyl (C=O) groups is 1. The molecule has 3 aliphatic heterocycles. The molecule has 1 amide bonds. The fourth-order valence-corrected chi connectivity index (χ4v) is 9.74. The summed E-state index contributed by atoms with van der Waals surface area (Å²) in [7, 11) is -4.66. The number of fused-ring (bicyclic) bond motifs is 3. The highest BCUT2D eigenvalue weighted by Crippen LogP contribution is 2.45. The van der Waals surface area contributed by atoms with Crippen molar-refractivity contribution in [1.82, 2.24) is 24.1 Å². The molecular formula is C37H40F5N5O3S. The molecule has 4 heterocycles. The van der Waals surface area contributed by atoms with Gasteiger partial charge in [-0.3, -0.25) is 9.69 Å². The van der Waals surface area contributed by atoms with Crippen LogP contribution in [0, 0.1) is 18.6 Å². The highest BCUT2D eigenvalue weighted by Gasteiger charge is 2.44. The van der Waals surface area contributed by atoms with Gasteiger partial charge in [0, 0.05) is 31.2 Å². The number of benzene rings is 3. The Balaban J connectivity index is 1.06. The van der Waals surface area contributed by atoms with Gasteiger partial charge in [0.25, 0.3) is 5.91 Å². The number of hydrogen-bond donors (Lipinski definition) is 1. The third kappa shape index (κ3) is 7.14. The van der Waals surface area contributed by atoms with E-state index in [2.05, 4.69) is 22.5 Å². The molecule has 1 N–H and O–H groups in total. The number of rotatable bonds is 9. The average molecular weight is 730 g/mol. The Bertz CT molecular complexity index is 2030. The maximum Gasteiger partial charge on any atom is 0.402 e. The highest BCUT2D eigenvalue weighted by atomic mass is 32.2. The van der Waals surface area contributed by atoms with Gasteiger partial charge in [0.05, 0.1) is 21.5 Å². The van der Waals surface area contributed by atoms with Crippen molar-refractivity contribution in [1.29, 1.82) is 0 Å². The Morgan fingerprint density at radius 3 is 2.33 bits per heavy atom. The quantitative estimate of drug-likeness (QED) is 0.190. The molecule has 272 valence electrons. The number of imidazole rings is 1. The van der Waals surface area contributed by atoms with Crippen LogP contribution in [0.15, 0.2) is 71.6 Å². The first-order chi connectivity index (χ1) is 24.2. The van der Waals surface area contributed by atoms with E-state index in [1.54, 1.807) is 12.1 Å². The number of aryl methyl sites for hydroxylation is 1. The molecule has 14 heteroatoms. The van der Waals surface area contributed by atoms with E-state index >= 15 is 0 Å². The molecule has 0 radical (unpaired) electrons. The lowest BCUT2D eigenvalue weighted by Gasteiger charge is -2.45. The minimum Gasteiger partial charge on any atom is -0.338 e. The predicted molar refractivity (Wildman–Crippen MR) is 182 cm³/mol. The van der Waals surface area contributed by atoms with Gasteiger partial charge in [0.15, 0.2) is 0 Å². The van der Waals surface area contributed by atoms with Gasteiger partial charge in [-0.05, 0) is 112 Å². The summed E-state index contributed by atoms with van der Waals surface area (Å²) < 4.78 is 96.5. The molecule has 3 aromatic carbocycles. The van der Waals surface area contributed by atoms with Crippen molar-refractivity contribution in [2.24, 2.45) is 0 Å². The SMILES string of the molecule is Cc1nc2ccccc2n1C1C[C@H]2CC[C@@H](C1)N2CCC1(c2cccc(F)c2)CCN(C(=O)c2cc(S(=O)(=O)NCC(F)(F)F)ccc2F)CC1. The van der Waals surface area contributed by atoms with Gasteiger partial charge in [-0.25, -0.2) is 26.9 Å². The van der Waals surface area contributed by atoms with E-state index in [0.717, 1.165) is 79.3 Å². The van der Waals surface area contributed by atoms with Crippen LogP contribution >= 0.6 is 0 Å². The number of carbonyl (C=O) groups excluding carboxylic acids is 1. The summed E-state index contributed by atoms with van der Waals surface area (Å²) in [6.07, 6.45) is 1.12. The summed E-state index contributed by atoms with van der Waals surface area (Å²) in [4.78, 5) is 21.8. The molecule has 3 atom stereocenters. The van der Waals surface area contributed by atoms with Gasteiger partial charge in [-0.15, -0.1) is 0 Å². The third-order valence-electron chi connectivity index (χ3n) is 11.2. The number of halogens is 5. The van der Waals surface area contributed by atoms with Crippen molar-refractivity contribution >= 4 is 27.0 Å². The Labute approximate surface area is 293 Å². The van der Waals surface area contributed by atoms with Gasteiger partial charge in [0.1, 0.15) is 24.0 Å². The smallest absolute Gasteiger partial charge is 0.338 e. The van der Waals surface area contributed by atoms with Gasteiger partial charge in [-0.2, -0.15) is 13.2 Å². The lowest BCUT2D eigenvalue weighted by atomic mass is 9.70. The molecule has 0 aliphatic carbocycles. The number of aromatic nitrogens is 2. The number of alkyl halides is 3. The molecule has 7 rings (SSSR count). The monoisotopic (exact) mass is 729 g/mol. The van der Waals surface area contributed by atoms with Crippen molar-refractivity contribution in [3.63, 3.8) is 0 Å². The van der Waals surface area contributed by atoms with Crippen LogP contribution in [0.1, 0.15) is 72.7 Å². The van der Waals surface area contributed by atoms with Crippen LogP contribution in [-0.4, -0.2) is 78.1 Å². The van der Waals surface area contributed by atoms with Crippen LogP contribution < -0.4 is 4.72 Å². The number of piperidine rings is 2. The van der Waals surface area contributed by atoms with Crippen LogP contribution in [-0.2, 0) is 15.4 Å². The molecule has 3 aliphatic rings. The fraction of sp³-hybridized carbons (Fsp3) is 0.459. The lowest BCUT2D eigenvalue weighted by molar-refractivity contribution is -0.121. The molecule has 51 heavy (non-hydrogen) atoms. The molecule has 3 fully saturated rings. The van der Waals surface area contributed by atoms with Gasteiger partial charge in [-0.1, -0.05) is 24.3 Å². The summed E-state index contributed by atoms with van der Waals surface area (Å²) in [6, 6.07) is 18.3. The summed E-state index contributed by atoms with van der Waals surface area (Å²) >= 11 is 0. The second kappa shape index (κ2) is 13.6. The number of sulfonamides is 1. The van der Waals surface area contributed by atoms with Crippen molar-refractivity contribution in [3.8, 4) is 0 Å². The molecule has 1 aromatic heterocycles. The van der Waals surface area contributed by atoms with Crippen molar-refractivity contribution < 1.29 is 35.2 Å². The third-order valence-corrected chi connectivity index (χ3v) is 12.6. The summed E-state index contributed by atoms with van der Waals surface area (Å²) in [5, 5.41) is 0. The topological polar surface area (TPSA) is 87.5 Å². The number of amides is 1. The first kappa shape index (κ1) is 35.5. The van der Waals surface area contributed by atoms with Crippen LogP contribution in [0.3, 0.4) is 0 Å². The zero-order valence-corrected chi connectivity index (χ0v) is 29.0. The minimum absolute atomic E-state index is 0.208. The van der Waals surface area contributed by atoms with E-state index in [0.29, 0.717) is 31.0 Å². The first-order valence-electron chi connectivity index (χ1n) is 17.3. The maximum atomic E-state index is 14.9. The van der Waals surface area contributed by atoms with Crippen molar-refractivity contribution in [2.75, 3.05) is 26.2 Å². The second-order valence-electron chi connectivity index (χ2n) is 14.2. The highest BCUT2D eigenvalue weighted by molar-refractivity contribution is 7.89. The fourth-order valence-electron chi connectivity index (χ4n) is 8.70. The van der Waals surface area contributed by atoms with Crippen molar-refractivity contribution in [3.05, 3.63) is 95.3 Å². The van der Waals surface area contributed by atoms with E-state index < -0.39 is 50.3 Å². The van der Waals surface area contributed by atoms with Crippen LogP contribution in [0.5, 0.6) is 0 Å². The molecular weight excluding hydrogens is 689 g/mol. The summed E-state index contributed by atoms with van der Waals surface area (Å²) in [5.41, 5.74) is 2.00. The Kier molecular flexibility index (Phi) is 9.46. The summed E-state index contributed by atoms with van der Waals surface area (Å²) in [6.45, 7) is 1.48. The molecule has 4 aromatic rings. The van der Waals surface area contributed by atoms with Gasteiger partial charge in [0.2, 0.25) is 10.0 Å². The molecule has 0 saturated carbocycles. The summed E-state index contributed by atoms with van der Waals surface area (Å²) in [5.74, 6) is -1.06. The Morgan fingerprint density at radius 1 is 0.941 bits per heavy atom. The Hall–Kier alpha value is -3.88. The largest absolute Gasteiger partial charge is 0.402 e. The number of nitrogens with one attached hydrogen (secondary N) is 1. The van der Waals surface area contributed by atoms with E-state index in [-0.39, 0.29) is 18.9 Å². The van der Waals surface area contributed by atoms with E-state index in [1.807, 2.05) is 24.3 Å². The number of nitrogens with zero attached hydrogens (tertiary/aromatic N) is 4. The number of likely N-dealkylation sites (tertiary alicyclic amines) is 1.